The largest absolute Gasteiger partial charge is 0.543 e. The van der Waals surface area contributed by atoms with Crippen LogP contribution < -0.4 is 0 Å². The monoisotopic (exact) mass is 1920 g/mol. The van der Waals surface area contributed by atoms with Crippen LogP contribution in [-0.4, -0.2) is 82.7 Å². The van der Waals surface area contributed by atoms with Gasteiger partial charge in [0.25, 0.3) is 0 Å². The number of hydrogen-bond acceptors (Lipinski definition) is 14. The van der Waals surface area contributed by atoms with Gasteiger partial charge in [0.2, 0.25) is 0 Å². The SMILES string of the molecule is CC1(C)OB(B2OC(C)(C)C(C)(C)O2)OC1(C)C.CC1(C)OB(C2=CC=C(C(CC#N)C3CCCC3)C2)OC1(C)C.N#CCC(C1=CC=C(Br)C1)C1CCCC1.N#CCC(C1=CC=CC1)C1CCCC1.O=C/C=C/C1=CC=CC1.OCCC(C1=CC=CC1)C1CCCC1.[CH2-]c1c(C)ccnc1[NH-].[CH2-]c1c(C2=CC(C(CC#N)C3CCCC3)=CC2)ccnc1[NH-].[Y].[Y]. The Labute approximate surface area is 818 Å². The molecule has 2 aromatic rings. The molecule has 8 fully saturated rings. The normalized spacial score (nSPS) is 23.0. The fourth-order valence-electron chi connectivity index (χ4n) is 19.8. The Kier molecular flexibility index (Phi) is 43.9. The third kappa shape index (κ3) is 30.0. The van der Waals surface area contributed by atoms with Crippen molar-refractivity contribution in [1.82, 2.24) is 9.97 Å². The summed E-state index contributed by atoms with van der Waals surface area (Å²) < 4.78 is 37.5. The molecule has 5 heterocycles. The van der Waals surface area contributed by atoms with Crippen LogP contribution in [0.1, 0.15) is 304 Å². The van der Waals surface area contributed by atoms with Crippen molar-refractivity contribution in [3.63, 3.8) is 0 Å². The molecule has 0 aromatic carbocycles. The summed E-state index contributed by atoms with van der Waals surface area (Å²) in [6.07, 6.45) is 76.1. The van der Waals surface area contributed by atoms with E-state index >= 15 is 0 Å². The number of aliphatic hydroxyl groups excluding tert-OH is 1. The summed E-state index contributed by atoms with van der Waals surface area (Å²) in [7, 11) is -1.20. The van der Waals surface area contributed by atoms with Crippen molar-refractivity contribution in [2.45, 2.75) is 323 Å². The van der Waals surface area contributed by atoms with E-state index in [4.69, 9.17) is 55.0 Å². The molecule has 0 amide bonds. The van der Waals surface area contributed by atoms with Gasteiger partial charge in [0.05, 0.1) is 57.9 Å². The Morgan fingerprint density at radius 3 is 1.27 bits per heavy atom. The fraction of sp³-hybridized carbons (Fsp3) is 0.587. The van der Waals surface area contributed by atoms with Crippen LogP contribution in [0, 0.1) is 125 Å². The van der Waals surface area contributed by atoms with E-state index in [1.54, 1.807) is 18.0 Å². The van der Waals surface area contributed by atoms with Gasteiger partial charge in [-0.05, 0) is 272 Å². The Morgan fingerprint density at radius 1 is 0.500 bits per heavy atom. The van der Waals surface area contributed by atoms with E-state index in [1.807, 2.05) is 92.7 Å². The smallest absolute Gasteiger partial charge is 0.490 e. The fourth-order valence-corrected chi connectivity index (χ4v) is 20.2. The van der Waals surface area contributed by atoms with Crippen LogP contribution in [0.25, 0.3) is 17.0 Å². The number of rotatable bonds is 21. The van der Waals surface area contributed by atoms with E-state index in [0.717, 1.165) is 92.1 Å². The Balaban J connectivity index is 0.000000201. The van der Waals surface area contributed by atoms with Gasteiger partial charge in [0.15, 0.2) is 0 Å². The van der Waals surface area contributed by atoms with Gasteiger partial charge in [-0.1, -0.05) is 212 Å². The van der Waals surface area contributed by atoms with Gasteiger partial charge < -0.3 is 54.5 Å². The number of aliphatic hydroxyl groups is 1. The van der Waals surface area contributed by atoms with Crippen LogP contribution in [0.3, 0.4) is 0 Å². The molecule has 14 aliphatic rings. The minimum Gasteiger partial charge on any atom is -0.543 e. The molecule has 22 heteroatoms. The summed E-state index contributed by atoms with van der Waals surface area (Å²) in [6.45, 7) is 34.5. The zero-order chi connectivity index (χ0) is 89.8. The van der Waals surface area contributed by atoms with E-state index in [1.165, 1.54) is 178 Å². The molecule has 5 atom stereocenters. The van der Waals surface area contributed by atoms with E-state index in [0.29, 0.717) is 72.9 Å². The molecule has 5 saturated carbocycles. The molecule has 126 heavy (non-hydrogen) atoms. The van der Waals surface area contributed by atoms with Gasteiger partial charge in [-0.15, -0.1) is 30.1 Å². The molecule has 3 saturated heterocycles. The van der Waals surface area contributed by atoms with Crippen LogP contribution in [-0.2, 0) is 98.1 Å². The number of aromatic nitrogens is 2. The van der Waals surface area contributed by atoms with Crippen LogP contribution in [0.5, 0.6) is 0 Å². The number of aryl methyl sites for hydroxylation is 1. The first-order valence-corrected chi connectivity index (χ1v) is 47.2. The number of allylic oxidation sites excluding steroid dienone is 26. The standard InChI is InChI=1S/C19H28BNO2.C19H21N3.C13H16BrN.C13H17N.C13H20O.C12H24B2O4.C8H8O.C7H8N2.2Y/c1-18(2)19(3,4)23-20(22-18)16-10-9-15(13-16)17(11-12-21)14-7-5-6-8-14;1-13-17(9-11-22-19(13)21)15-6-7-16(12-15)18(8-10-20)14-4-2-3-5-14;14-12-6-5-11(9-12)13(7-8-15)10-3-1-2-4-10;2*14-10-9-13(11-5-1-2-6-11)12-7-3-4-8-12;1-9(2)10(3,4)16-13(15-9)14-17-11(5,6)12(7,8)18-14;9-7-3-6-8-4-1-2-5-8;1-5-3-4-9-7(8)6(5)2;;/h9-10,14,17H,5-8,11,13H2,1-4H3;7,9,11-12,14,18H,1-6,8H2,(H-,21,22);5-6,10,13H,1-4,7,9H2;1-2,5,12-13H,3-4,6-9H2;1-2,5,12-14H,3-4,6-10H2;1-8H3;1-4,6-7H,5H2;3-4H,2H2,1H3,(H-,8,9);;/q;-2;;;;;;-2;;/b;;;;;;6-3+;;;. The quantitative estimate of drug-likeness (QED) is 0.0527. The predicted octanol–water partition coefficient (Wildman–Crippen LogP) is 27.1. The number of nitrogens with one attached hydrogen (secondary N) is 2. The van der Waals surface area contributed by atoms with Crippen molar-refractivity contribution < 1.29 is 103 Å². The first-order chi connectivity index (χ1) is 59.2. The van der Waals surface area contributed by atoms with Crippen molar-refractivity contribution in [2.75, 3.05) is 6.61 Å². The van der Waals surface area contributed by atoms with Crippen molar-refractivity contribution in [1.29, 1.82) is 21.0 Å². The first kappa shape index (κ1) is 108. The molecule has 3 N–H and O–H groups in total. The molecular weight excluding hydrogens is 1780 g/mol. The minimum atomic E-state index is -0.476. The zero-order valence-electron chi connectivity index (χ0n) is 78.3. The molecule has 16 rings (SSSR count). The maximum Gasteiger partial charge on any atom is 0.490 e. The zero-order valence-corrected chi connectivity index (χ0v) is 85.5. The average Bonchev–Trinajstić information content (AvgIpc) is 1.61. The summed E-state index contributed by atoms with van der Waals surface area (Å²) in [4.78, 5) is 17.5. The molecule has 16 nitrogen and oxygen atoms in total. The van der Waals surface area contributed by atoms with Crippen LogP contribution in [0.4, 0.5) is 11.6 Å². The number of carbonyl (C=O) groups excluding carboxylic acids is 1. The van der Waals surface area contributed by atoms with E-state index < -0.39 is 14.0 Å². The molecule has 0 spiro atoms. The van der Waals surface area contributed by atoms with Crippen molar-refractivity contribution in [2.24, 2.45) is 59.2 Å². The Hall–Kier alpha value is -5.51. The number of pyridine rings is 2. The van der Waals surface area contributed by atoms with Gasteiger partial charge in [-0.25, -0.2) is 0 Å². The van der Waals surface area contributed by atoms with E-state index in [-0.39, 0.29) is 118 Å². The Morgan fingerprint density at radius 2 is 0.881 bits per heavy atom. The van der Waals surface area contributed by atoms with Crippen LogP contribution in [0.2, 0.25) is 0 Å². The number of nitrogens with zero attached hydrogens (tertiary/aromatic N) is 6. The third-order valence-electron chi connectivity index (χ3n) is 29.3. The summed E-state index contributed by atoms with van der Waals surface area (Å²) in [5.74, 6) is 6.80. The minimum absolute atomic E-state index is 0. The van der Waals surface area contributed by atoms with Gasteiger partial charge in [0, 0.05) is 104 Å². The summed E-state index contributed by atoms with van der Waals surface area (Å²) in [6, 6.07) is 13.3. The molecular formula is C104H142B3BrN8O8Y2-4. The summed E-state index contributed by atoms with van der Waals surface area (Å²) in [5.41, 5.74) is 27.3. The number of nitriles is 4. The molecule has 5 unspecified atom stereocenters. The van der Waals surface area contributed by atoms with Gasteiger partial charge in [0.1, 0.15) is 6.29 Å². The number of carbonyl (C=O) groups is 1. The molecule has 2 aromatic heterocycles. The van der Waals surface area contributed by atoms with Crippen molar-refractivity contribution in [3.05, 3.63) is 219 Å². The number of hydrogen-bond donors (Lipinski definition) is 1. The third-order valence-corrected chi connectivity index (χ3v) is 29.9. The van der Waals surface area contributed by atoms with Crippen molar-refractivity contribution in [3.8, 4) is 24.3 Å². The van der Waals surface area contributed by atoms with Crippen molar-refractivity contribution >= 4 is 60.6 Å². The first-order valence-electron chi connectivity index (χ1n) is 46.4. The number of aldehydes is 1. The second-order valence-corrected chi connectivity index (χ2v) is 40.1. The summed E-state index contributed by atoms with van der Waals surface area (Å²) >= 11 is 3.53. The van der Waals surface area contributed by atoms with E-state index in [2.05, 4.69) is 171 Å². The summed E-state index contributed by atoms with van der Waals surface area (Å²) in [5, 5.41) is 45.3. The molecule has 672 valence electrons. The van der Waals surface area contributed by atoms with Gasteiger partial charge >= 0.3 is 21.1 Å². The number of halogens is 1. The maximum absolute atomic E-state index is 9.83. The Bertz CT molecular complexity index is 4410. The second kappa shape index (κ2) is 51.5. The maximum atomic E-state index is 9.83. The predicted molar refractivity (Wildman–Crippen MR) is 510 cm³/mol. The molecule has 11 aliphatic carbocycles. The average molecular weight is 1920 g/mol. The second-order valence-electron chi connectivity index (χ2n) is 39.1. The van der Waals surface area contributed by atoms with Gasteiger partial charge in [-0.2, -0.15) is 63.2 Å². The van der Waals surface area contributed by atoms with Crippen LogP contribution >= 0.6 is 15.9 Å². The van der Waals surface area contributed by atoms with E-state index in [9.17, 15) is 15.3 Å². The molecule has 3 aliphatic heterocycles. The molecule has 0 bridgehead atoms. The molecule has 2 radical (unpaired) electrons. The van der Waals surface area contributed by atoms with Gasteiger partial charge in [-0.3, -0.25) is 4.79 Å². The topological polar surface area (TPSA) is 261 Å². The van der Waals surface area contributed by atoms with Crippen LogP contribution in [0.15, 0.2) is 171 Å².